The van der Waals surface area contributed by atoms with E-state index < -0.39 is 17.9 Å². The zero-order valence-electron chi connectivity index (χ0n) is 15.6. The number of aromatic hydroxyl groups is 1. The minimum Gasteiger partial charge on any atom is -0.479 e. The second kappa shape index (κ2) is 8.31. The van der Waals surface area contributed by atoms with Gasteiger partial charge in [-0.1, -0.05) is 18.2 Å². The first kappa shape index (κ1) is 19.7. The van der Waals surface area contributed by atoms with Gasteiger partial charge in [-0.15, -0.1) is 0 Å². The summed E-state index contributed by atoms with van der Waals surface area (Å²) in [5.41, 5.74) is 0.965. The summed E-state index contributed by atoms with van der Waals surface area (Å²) >= 11 is 0. The van der Waals surface area contributed by atoms with Crippen LogP contribution in [-0.4, -0.2) is 32.0 Å². The van der Waals surface area contributed by atoms with Gasteiger partial charge in [0, 0.05) is 19.4 Å². The van der Waals surface area contributed by atoms with Crippen LogP contribution in [0.1, 0.15) is 13.8 Å². The smallest absolute Gasteiger partial charge is 0.319 e. The maximum Gasteiger partial charge on any atom is 0.319 e. The lowest BCUT2D eigenvalue weighted by atomic mass is 10.2. The monoisotopic (exact) mass is 395 g/mol. The minimum atomic E-state index is -0.605. The standard InChI is InChI=1S/C19H17N5O5/c1-11(25)28-15-9-8-13(10-16(15)29-12(2)26)17-21-18(23-19(27)22-17)24(20)14-6-4-3-5-7-14/h3-10H,20H2,1-2H3,(H,21,22,23,27). The molecule has 0 aliphatic rings. The highest BCUT2D eigenvalue weighted by molar-refractivity contribution is 5.75. The molecule has 0 spiro atoms. The van der Waals surface area contributed by atoms with Crippen molar-refractivity contribution in [3.8, 4) is 28.9 Å². The van der Waals surface area contributed by atoms with Crippen molar-refractivity contribution in [1.82, 2.24) is 15.0 Å². The molecule has 0 saturated carbocycles. The molecule has 2 aromatic carbocycles. The Hall–Kier alpha value is -4.05. The van der Waals surface area contributed by atoms with Gasteiger partial charge in [0.25, 0.3) is 5.95 Å². The van der Waals surface area contributed by atoms with Crippen LogP contribution in [0.3, 0.4) is 0 Å². The van der Waals surface area contributed by atoms with Gasteiger partial charge in [-0.05, 0) is 30.3 Å². The van der Waals surface area contributed by atoms with E-state index in [-0.39, 0.29) is 23.3 Å². The maximum atomic E-state index is 11.4. The first-order valence-corrected chi connectivity index (χ1v) is 8.39. The van der Waals surface area contributed by atoms with Crippen LogP contribution >= 0.6 is 0 Å². The van der Waals surface area contributed by atoms with E-state index in [4.69, 9.17) is 15.3 Å². The number of carbonyl (C=O) groups excluding carboxylic acids is 2. The molecule has 29 heavy (non-hydrogen) atoms. The van der Waals surface area contributed by atoms with E-state index in [2.05, 4.69) is 15.0 Å². The molecule has 0 atom stereocenters. The predicted octanol–water partition coefficient (Wildman–Crippen LogP) is 2.11. The highest BCUT2D eigenvalue weighted by atomic mass is 16.6. The van der Waals surface area contributed by atoms with Crippen LogP contribution in [0.15, 0.2) is 48.5 Å². The first-order chi connectivity index (χ1) is 13.8. The molecular formula is C19H17N5O5. The summed E-state index contributed by atoms with van der Waals surface area (Å²) in [6.45, 7) is 2.43. The van der Waals surface area contributed by atoms with Crippen molar-refractivity contribution in [3.63, 3.8) is 0 Å². The Kier molecular flexibility index (Phi) is 5.65. The molecule has 0 amide bonds. The molecule has 0 saturated heterocycles. The Labute approximate surface area is 165 Å². The van der Waals surface area contributed by atoms with Crippen molar-refractivity contribution < 1.29 is 24.2 Å². The van der Waals surface area contributed by atoms with Crippen LogP contribution in [-0.2, 0) is 9.59 Å². The Bertz CT molecular complexity index is 1060. The van der Waals surface area contributed by atoms with Gasteiger partial charge in [0.05, 0.1) is 5.69 Å². The van der Waals surface area contributed by atoms with Gasteiger partial charge >= 0.3 is 17.9 Å². The van der Waals surface area contributed by atoms with Crippen molar-refractivity contribution in [1.29, 1.82) is 0 Å². The fourth-order valence-corrected chi connectivity index (χ4v) is 2.42. The molecule has 0 bridgehead atoms. The quantitative estimate of drug-likeness (QED) is 0.285. The molecule has 3 rings (SSSR count). The van der Waals surface area contributed by atoms with Crippen molar-refractivity contribution >= 4 is 23.6 Å². The lowest BCUT2D eigenvalue weighted by molar-refractivity contribution is -0.134. The molecule has 1 heterocycles. The molecule has 0 unspecified atom stereocenters. The number of hydrogen-bond donors (Lipinski definition) is 2. The van der Waals surface area contributed by atoms with E-state index in [0.717, 1.165) is 0 Å². The number of rotatable bonds is 5. The molecule has 0 fully saturated rings. The number of esters is 2. The van der Waals surface area contributed by atoms with Gasteiger partial charge in [0.15, 0.2) is 17.3 Å². The third-order valence-corrected chi connectivity index (χ3v) is 3.57. The van der Waals surface area contributed by atoms with Gasteiger partial charge < -0.3 is 14.6 Å². The second-order valence-corrected chi connectivity index (χ2v) is 5.81. The average Bonchev–Trinajstić information content (AvgIpc) is 2.68. The van der Waals surface area contributed by atoms with Gasteiger partial charge in [-0.2, -0.15) is 15.0 Å². The number of nitrogens with two attached hydrogens (primary N) is 1. The van der Waals surface area contributed by atoms with Crippen molar-refractivity contribution in [3.05, 3.63) is 48.5 Å². The Morgan fingerprint density at radius 2 is 1.59 bits per heavy atom. The number of hydrazine groups is 1. The van der Waals surface area contributed by atoms with Crippen LogP contribution in [0.2, 0.25) is 0 Å². The van der Waals surface area contributed by atoms with Crippen molar-refractivity contribution in [2.24, 2.45) is 5.84 Å². The van der Waals surface area contributed by atoms with Crippen molar-refractivity contribution in [2.75, 3.05) is 5.01 Å². The van der Waals surface area contributed by atoms with Crippen LogP contribution in [0.25, 0.3) is 11.4 Å². The minimum absolute atomic E-state index is 0.000633. The van der Waals surface area contributed by atoms with E-state index in [0.29, 0.717) is 11.3 Å². The van der Waals surface area contributed by atoms with Crippen LogP contribution in [0.5, 0.6) is 17.5 Å². The number of anilines is 2. The Morgan fingerprint density at radius 1 is 0.931 bits per heavy atom. The van der Waals surface area contributed by atoms with E-state index in [1.165, 1.54) is 37.1 Å². The Morgan fingerprint density at radius 3 is 2.24 bits per heavy atom. The van der Waals surface area contributed by atoms with E-state index in [9.17, 15) is 14.7 Å². The first-order valence-electron chi connectivity index (χ1n) is 8.39. The zero-order valence-corrected chi connectivity index (χ0v) is 15.6. The SMILES string of the molecule is CC(=O)Oc1ccc(-c2nc(O)nc(N(N)c3ccccc3)n2)cc1OC(C)=O. The maximum absolute atomic E-state index is 11.4. The van der Waals surface area contributed by atoms with Gasteiger partial charge in [0.1, 0.15) is 0 Å². The molecule has 10 heteroatoms. The summed E-state index contributed by atoms with van der Waals surface area (Å²) in [6.07, 6.45) is 0. The molecule has 0 aliphatic carbocycles. The third kappa shape index (κ3) is 4.82. The van der Waals surface area contributed by atoms with Gasteiger partial charge in [-0.25, -0.2) is 10.9 Å². The van der Waals surface area contributed by atoms with Crippen LogP contribution in [0.4, 0.5) is 11.6 Å². The number of ether oxygens (including phenoxy) is 2. The molecule has 0 aliphatic heterocycles. The number of nitrogens with zero attached hydrogens (tertiary/aromatic N) is 4. The van der Waals surface area contributed by atoms with E-state index >= 15 is 0 Å². The average molecular weight is 395 g/mol. The molecule has 1 aromatic heterocycles. The largest absolute Gasteiger partial charge is 0.479 e. The lowest BCUT2D eigenvalue weighted by Crippen LogP contribution is -2.27. The normalized spacial score (nSPS) is 10.3. The fraction of sp³-hybridized carbons (Fsp3) is 0.105. The second-order valence-electron chi connectivity index (χ2n) is 5.81. The number of carbonyl (C=O) groups is 2. The van der Waals surface area contributed by atoms with Crippen LogP contribution < -0.4 is 20.3 Å². The number of benzene rings is 2. The molecule has 0 radical (unpaired) electrons. The molecule has 3 N–H and O–H groups in total. The number of hydrogen-bond acceptors (Lipinski definition) is 10. The fourth-order valence-electron chi connectivity index (χ4n) is 2.42. The van der Waals surface area contributed by atoms with Gasteiger partial charge in [0.2, 0.25) is 0 Å². The summed E-state index contributed by atoms with van der Waals surface area (Å²) in [6, 6.07) is 12.7. The summed E-state index contributed by atoms with van der Waals surface area (Å²) in [4.78, 5) is 34.6. The number of aromatic nitrogens is 3. The summed E-state index contributed by atoms with van der Waals surface area (Å²) in [5.74, 6) is 4.99. The van der Waals surface area contributed by atoms with Crippen LogP contribution in [0, 0.1) is 0 Å². The molecule has 148 valence electrons. The van der Waals surface area contributed by atoms with Gasteiger partial charge in [-0.3, -0.25) is 9.59 Å². The highest BCUT2D eigenvalue weighted by Crippen LogP contribution is 2.33. The van der Waals surface area contributed by atoms with Crippen molar-refractivity contribution in [2.45, 2.75) is 13.8 Å². The summed E-state index contributed by atoms with van der Waals surface area (Å²) < 4.78 is 10.1. The zero-order chi connectivity index (χ0) is 21.0. The molecular weight excluding hydrogens is 378 g/mol. The summed E-state index contributed by atoms with van der Waals surface area (Å²) in [7, 11) is 0. The van der Waals surface area contributed by atoms with E-state index in [1.54, 1.807) is 24.3 Å². The number of para-hydroxylation sites is 1. The predicted molar refractivity (Wildman–Crippen MR) is 102 cm³/mol. The summed E-state index contributed by atoms with van der Waals surface area (Å²) in [5, 5.41) is 11.1. The van der Waals surface area contributed by atoms with E-state index in [1.807, 2.05) is 6.07 Å². The molecule has 10 nitrogen and oxygen atoms in total. The third-order valence-electron chi connectivity index (χ3n) is 3.57. The lowest BCUT2D eigenvalue weighted by Gasteiger charge is -2.17. The molecule has 3 aromatic rings. The Balaban J connectivity index is 2.03. The topological polar surface area (TPSA) is 141 Å². The highest BCUT2D eigenvalue weighted by Gasteiger charge is 2.17.